The van der Waals surface area contributed by atoms with Crippen LogP contribution in [0.4, 0.5) is 13.2 Å². The first-order chi connectivity index (χ1) is 18.4. The number of aromatic nitrogens is 5. The molecule has 1 amide bonds. The number of rotatable bonds is 9. The number of thioether (sulfide) groups is 1. The maximum absolute atomic E-state index is 13.4. The molecule has 8 nitrogen and oxygen atoms in total. The molecule has 1 N–H and O–H groups in total. The Labute approximate surface area is 225 Å². The number of nitrogens with zero attached hydrogens (tertiary/aromatic N) is 6. The molecule has 0 radical (unpaired) electrons. The molecule has 4 aromatic rings. The summed E-state index contributed by atoms with van der Waals surface area (Å²) in [5, 5.41) is 14.2. The standard InChI is InChI=1S/C25H24F3N7OS2/c26-25(27,28)18-6-3-7-19(13-18)35-22(17-5-4-8-29-14-17)32-33-24(35)38-16-21-31-20(15-37-21)23(36)30-9-12-34-10-1-2-11-34/h3-8,13-15H,1-2,9-12,16H2,(H,30,36). The van der Waals surface area contributed by atoms with Gasteiger partial charge in [-0.25, -0.2) is 4.98 Å². The van der Waals surface area contributed by atoms with Crippen molar-refractivity contribution in [2.75, 3.05) is 26.2 Å². The molecule has 198 valence electrons. The lowest BCUT2D eigenvalue weighted by atomic mass is 10.2. The van der Waals surface area contributed by atoms with Gasteiger partial charge in [0.2, 0.25) is 0 Å². The van der Waals surface area contributed by atoms with Gasteiger partial charge < -0.3 is 10.2 Å². The number of likely N-dealkylation sites (tertiary alicyclic amines) is 1. The third kappa shape index (κ3) is 6.22. The van der Waals surface area contributed by atoms with Gasteiger partial charge in [0.25, 0.3) is 5.91 Å². The minimum atomic E-state index is -4.49. The molecule has 0 unspecified atom stereocenters. The van der Waals surface area contributed by atoms with Crippen LogP contribution in [0.3, 0.4) is 0 Å². The highest BCUT2D eigenvalue weighted by molar-refractivity contribution is 7.98. The molecule has 0 spiro atoms. The smallest absolute Gasteiger partial charge is 0.349 e. The van der Waals surface area contributed by atoms with E-state index in [4.69, 9.17) is 0 Å². The van der Waals surface area contributed by atoms with Crippen molar-refractivity contribution in [3.05, 3.63) is 70.4 Å². The zero-order chi connectivity index (χ0) is 26.5. The number of benzene rings is 1. The molecule has 1 fully saturated rings. The summed E-state index contributed by atoms with van der Waals surface area (Å²) in [6, 6.07) is 8.52. The van der Waals surface area contributed by atoms with Gasteiger partial charge in [-0.05, 0) is 56.3 Å². The molecule has 1 saturated heterocycles. The van der Waals surface area contributed by atoms with Crippen LogP contribution in [0.25, 0.3) is 17.1 Å². The van der Waals surface area contributed by atoms with Crippen LogP contribution in [0.5, 0.6) is 0 Å². The number of thiazole rings is 1. The van der Waals surface area contributed by atoms with Crippen molar-refractivity contribution in [3.63, 3.8) is 0 Å². The van der Waals surface area contributed by atoms with Crippen molar-refractivity contribution in [2.45, 2.75) is 29.9 Å². The summed E-state index contributed by atoms with van der Waals surface area (Å²) in [7, 11) is 0. The van der Waals surface area contributed by atoms with E-state index in [0.29, 0.717) is 39.5 Å². The molecule has 0 saturated carbocycles. The fourth-order valence-electron chi connectivity index (χ4n) is 4.13. The molecule has 1 aliphatic heterocycles. The van der Waals surface area contributed by atoms with E-state index in [1.165, 1.54) is 42.0 Å². The van der Waals surface area contributed by atoms with E-state index in [0.717, 1.165) is 31.8 Å². The van der Waals surface area contributed by atoms with Crippen LogP contribution in [0.15, 0.2) is 59.3 Å². The maximum atomic E-state index is 13.4. The van der Waals surface area contributed by atoms with Crippen LogP contribution in [0.2, 0.25) is 0 Å². The SMILES string of the molecule is O=C(NCCN1CCCC1)c1csc(CSc2nnc(-c3cccnc3)n2-c2cccc(C(F)(F)F)c2)n1. The molecule has 1 aromatic carbocycles. The number of alkyl halides is 3. The van der Waals surface area contributed by atoms with E-state index in [-0.39, 0.29) is 11.6 Å². The van der Waals surface area contributed by atoms with E-state index in [1.807, 2.05) is 0 Å². The highest BCUT2D eigenvalue weighted by Crippen LogP contribution is 2.34. The van der Waals surface area contributed by atoms with Crippen LogP contribution in [-0.2, 0) is 11.9 Å². The number of carbonyl (C=O) groups is 1. The molecular formula is C25H24F3N7OS2. The van der Waals surface area contributed by atoms with Gasteiger partial charge in [-0.15, -0.1) is 21.5 Å². The monoisotopic (exact) mass is 559 g/mol. The molecule has 13 heteroatoms. The third-order valence-electron chi connectivity index (χ3n) is 6.01. The zero-order valence-corrected chi connectivity index (χ0v) is 21.8. The van der Waals surface area contributed by atoms with Crippen LogP contribution in [-0.4, -0.2) is 61.7 Å². The third-order valence-corrected chi connectivity index (χ3v) is 7.98. The predicted molar refractivity (Wildman–Crippen MR) is 139 cm³/mol. The summed E-state index contributed by atoms with van der Waals surface area (Å²) >= 11 is 2.63. The van der Waals surface area contributed by atoms with Gasteiger partial charge in [0.05, 0.1) is 17.0 Å². The van der Waals surface area contributed by atoms with E-state index in [9.17, 15) is 18.0 Å². The first kappa shape index (κ1) is 26.3. The molecule has 4 heterocycles. The average molecular weight is 560 g/mol. The van der Waals surface area contributed by atoms with Gasteiger partial charge in [0, 0.05) is 36.4 Å². The number of hydrogen-bond acceptors (Lipinski definition) is 8. The number of halogens is 3. The van der Waals surface area contributed by atoms with Crippen molar-refractivity contribution in [2.24, 2.45) is 0 Å². The lowest BCUT2D eigenvalue weighted by Crippen LogP contribution is -2.33. The topological polar surface area (TPSA) is 88.8 Å². The first-order valence-corrected chi connectivity index (χ1v) is 13.9. The Kier molecular flexibility index (Phi) is 8.05. The Bertz CT molecular complexity index is 1390. The lowest BCUT2D eigenvalue weighted by Gasteiger charge is -2.14. The molecule has 0 aliphatic carbocycles. The second-order valence-corrected chi connectivity index (χ2v) is 10.5. The Morgan fingerprint density at radius 2 is 1.97 bits per heavy atom. The fraction of sp³-hybridized carbons (Fsp3) is 0.320. The highest BCUT2D eigenvalue weighted by atomic mass is 32.2. The summed E-state index contributed by atoms with van der Waals surface area (Å²) in [6.07, 6.45) is 1.10. The quantitative estimate of drug-likeness (QED) is 0.291. The summed E-state index contributed by atoms with van der Waals surface area (Å²) in [4.78, 5) is 23.4. The number of amides is 1. The van der Waals surface area contributed by atoms with E-state index in [2.05, 4.69) is 30.4 Å². The number of carbonyl (C=O) groups excluding carboxylic acids is 1. The Morgan fingerprint density at radius 3 is 2.74 bits per heavy atom. The van der Waals surface area contributed by atoms with Crippen molar-refractivity contribution in [1.29, 1.82) is 0 Å². The van der Waals surface area contributed by atoms with Crippen molar-refractivity contribution in [1.82, 2.24) is 34.9 Å². The second kappa shape index (κ2) is 11.6. The minimum absolute atomic E-state index is 0.220. The first-order valence-electron chi connectivity index (χ1n) is 12.0. The van der Waals surface area contributed by atoms with Crippen molar-refractivity contribution >= 4 is 29.0 Å². The van der Waals surface area contributed by atoms with Crippen LogP contribution >= 0.6 is 23.1 Å². The fourth-order valence-corrected chi connectivity index (χ4v) is 5.88. The van der Waals surface area contributed by atoms with E-state index < -0.39 is 11.7 Å². The molecule has 1 aliphatic rings. The predicted octanol–water partition coefficient (Wildman–Crippen LogP) is 4.92. The number of nitrogens with one attached hydrogen (secondary N) is 1. The summed E-state index contributed by atoms with van der Waals surface area (Å²) < 4.78 is 41.9. The second-order valence-electron chi connectivity index (χ2n) is 8.65. The summed E-state index contributed by atoms with van der Waals surface area (Å²) in [6.45, 7) is 3.53. The van der Waals surface area contributed by atoms with Gasteiger partial charge in [-0.3, -0.25) is 14.3 Å². The molecule has 0 atom stereocenters. The summed E-state index contributed by atoms with van der Waals surface area (Å²) in [5.74, 6) is 0.524. The van der Waals surface area contributed by atoms with Gasteiger partial charge in [-0.2, -0.15) is 13.2 Å². The van der Waals surface area contributed by atoms with E-state index in [1.54, 1.807) is 40.5 Å². The maximum Gasteiger partial charge on any atom is 0.416 e. The van der Waals surface area contributed by atoms with Gasteiger partial charge in [0.15, 0.2) is 11.0 Å². The largest absolute Gasteiger partial charge is 0.416 e. The van der Waals surface area contributed by atoms with Crippen LogP contribution < -0.4 is 5.32 Å². The lowest BCUT2D eigenvalue weighted by molar-refractivity contribution is -0.137. The summed E-state index contributed by atoms with van der Waals surface area (Å²) in [5.41, 5.74) is 0.481. The van der Waals surface area contributed by atoms with Crippen LogP contribution in [0, 0.1) is 0 Å². The molecule has 5 rings (SSSR count). The Hall–Kier alpha value is -3.29. The van der Waals surface area contributed by atoms with Crippen LogP contribution in [0.1, 0.15) is 33.9 Å². The number of hydrogen-bond donors (Lipinski definition) is 1. The molecular weight excluding hydrogens is 535 g/mol. The Balaban J connectivity index is 1.32. The molecule has 38 heavy (non-hydrogen) atoms. The molecule has 0 bridgehead atoms. The van der Waals surface area contributed by atoms with Gasteiger partial charge in [0.1, 0.15) is 10.7 Å². The van der Waals surface area contributed by atoms with Crippen molar-refractivity contribution in [3.8, 4) is 17.1 Å². The highest BCUT2D eigenvalue weighted by Gasteiger charge is 2.31. The van der Waals surface area contributed by atoms with Crippen molar-refractivity contribution < 1.29 is 18.0 Å². The number of pyridine rings is 1. The average Bonchev–Trinajstić information content (AvgIpc) is 3.69. The van der Waals surface area contributed by atoms with E-state index >= 15 is 0 Å². The van der Waals surface area contributed by atoms with Gasteiger partial charge in [-0.1, -0.05) is 17.8 Å². The minimum Gasteiger partial charge on any atom is -0.349 e. The Morgan fingerprint density at radius 1 is 1.13 bits per heavy atom. The normalized spacial score (nSPS) is 14.2. The zero-order valence-electron chi connectivity index (χ0n) is 20.2. The molecule has 3 aromatic heterocycles. The van der Waals surface area contributed by atoms with Gasteiger partial charge >= 0.3 is 6.18 Å².